The second-order valence-electron chi connectivity index (χ2n) is 13.1. The van der Waals surface area contributed by atoms with E-state index in [9.17, 15) is 19.5 Å². The van der Waals surface area contributed by atoms with Crippen LogP contribution in [0, 0.1) is 12.8 Å². The molecule has 0 radical (unpaired) electrons. The Morgan fingerprint density at radius 1 is 1.02 bits per heavy atom. The molecular formula is C34H57N3O5. The van der Waals surface area contributed by atoms with Gasteiger partial charge in [0, 0.05) is 12.6 Å². The lowest BCUT2D eigenvalue weighted by Gasteiger charge is -2.37. The molecule has 1 aliphatic rings. The molecule has 0 spiro atoms. The van der Waals surface area contributed by atoms with Crippen molar-refractivity contribution in [2.24, 2.45) is 5.92 Å². The van der Waals surface area contributed by atoms with E-state index in [0.29, 0.717) is 24.1 Å². The van der Waals surface area contributed by atoms with E-state index in [1.165, 1.54) is 12.8 Å². The van der Waals surface area contributed by atoms with Crippen LogP contribution in [0.1, 0.15) is 136 Å². The first kappa shape index (κ1) is 35.4. The Kier molecular flexibility index (Phi) is 14.7. The van der Waals surface area contributed by atoms with Gasteiger partial charge in [-0.15, -0.1) is 0 Å². The van der Waals surface area contributed by atoms with Crippen molar-refractivity contribution in [1.82, 2.24) is 15.5 Å². The second-order valence-corrected chi connectivity index (χ2v) is 13.1. The highest BCUT2D eigenvalue weighted by Crippen LogP contribution is 2.29. The lowest BCUT2D eigenvalue weighted by molar-refractivity contribution is -0.144. The van der Waals surface area contributed by atoms with Gasteiger partial charge >= 0.3 is 6.09 Å². The van der Waals surface area contributed by atoms with E-state index in [0.717, 1.165) is 57.8 Å². The van der Waals surface area contributed by atoms with Gasteiger partial charge in [0.15, 0.2) is 0 Å². The van der Waals surface area contributed by atoms with Gasteiger partial charge in [0.25, 0.3) is 0 Å². The molecule has 0 heterocycles. The van der Waals surface area contributed by atoms with Gasteiger partial charge in [0.1, 0.15) is 23.4 Å². The number of alkyl carbamates (subject to hydrolysis) is 1. The maximum Gasteiger partial charge on any atom is 0.408 e. The van der Waals surface area contributed by atoms with Crippen LogP contribution >= 0.6 is 0 Å². The van der Waals surface area contributed by atoms with Crippen molar-refractivity contribution in [2.45, 2.75) is 149 Å². The minimum Gasteiger partial charge on any atom is -0.508 e. The molecule has 42 heavy (non-hydrogen) atoms. The van der Waals surface area contributed by atoms with Gasteiger partial charge in [0.2, 0.25) is 11.8 Å². The molecule has 0 aliphatic heterocycles. The maximum atomic E-state index is 14.5. The lowest BCUT2D eigenvalue weighted by atomic mass is 9.93. The maximum absolute atomic E-state index is 14.5. The van der Waals surface area contributed by atoms with Crippen molar-refractivity contribution in [3.05, 3.63) is 29.3 Å². The summed E-state index contributed by atoms with van der Waals surface area (Å²) in [5.41, 5.74) is 0.579. The minimum absolute atomic E-state index is 0.0724. The van der Waals surface area contributed by atoms with E-state index in [1.54, 1.807) is 50.8 Å². The fourth-order valence-electron chi connectivity index (χ4n) is 5.57. The summed E-state index contributed by atoms with van der Waals surface area (Å²) in [7, 11) is 0. The molecule has 238 valence electrons. The van der Waals surface area contributed by atoms with Gasteiger partial charge in [-0.05, 0) is 76.1 Å². The standard InChI is InChI=1S/C34H57N3O5/c1-8-10-11-12-13-17-22-37(32(40)29(24(3)9-2)36-33(41)42-34(5,6)7)30(26-20-21-28(38)25(4)23-26)31(39)35-27-18-15-14-16-19-27/h20-21,23-24,27,29-30,38H,8-19,22H2,1-7H3,(H,35,39)(H,36,41). The zero-order chi connectivity index (χ0) is 31.3. The predicted octanol–water partition coefficient (Wildman–Crippen LogP) is 7.32. The number of nitrogens with zero attached hydrogens (tertiary/aromatic N) is 1. The highest BCUT2D eigenvalue weighted by molar-refractivity contribution is 5.92. The first-order valence-corrected chi connectivity index (χ1v) is 16.3. The van der Waals surface area contributed by atoms with Crippen molar-refractivity contribution >= 4 is 17.9 Å². The Hall–Kier alpha value is -2.77. The van der Waals surface area contributed by atoms with Gasteiger partial charge in [-0.1, -0.05) is 84.6 Å². The third kappa shape index (κ3) is 11.5. The molecule has 3 N–H and O–H groups in total. The summed E-state index contributed by atoms with van der Waals surface area (Å²) in [4.78, 5) is 43.2. The number of hydrogen-bond donors (Lipinski definition) is 3. The van der Waals surface area contributed by atoms with Crippen LogP contribution in [0.15, 0.2) is 18.2 Å². The summed E-state index contributed by atoms with van der Waals surface area (Å²) in [5, 5.41) is 16.4. The SMILES string of the molecule is CCCCCCCCN(C(=O)C(NC(=O)OC(C)(C)C)C(C)CC)C(C(=O)NC1CCCCC1)c1ccc(O)c(C)c1. The summed E-state index contributed by atoms with van der Waals surface area (Å²) in [6, 6.07) is 3.44. The van der Waals surface area contributed by atoms with Crippen LogP contribution in [-0.4, -0.2) is 52.1 Å². The number of amides is 3. The molecule has 2 rings (SSSR count). The molecule has 0 aromatic heterocycles. The molecule has 3 unspecified atom stereocenters. The fourth-order valence-corrected chi connectivity index (χ4v) is 5.57. The number of phenolic OH excluding ortho intramolecular Hbond substituents is 1. The number of benzene rings is 1. The number of carbonyl (C=O) groups is 3. The van der Waals surface area contributed by atoms with Crippen LogP contribution < -0.4 is 10.6 Å². The molecule has 1 saturated carbocycles. The van der Waals surface area contributed by atoms with E-state index in [4.69, 9.17) is 4.74 Å². The van der Waals surface area contributed by atoms with Crippen molar-refractivity contribution in [3.8, 4) is 5.75 Å². The van der Waals surface area contributed by atoms with E-state index in [2.05, 4.69) is 17.6 Å². The normalized spacial score (nSPS) is 16.3. The number of nitrogens with one attached hydrogen (secondary N) is 2. The Labute approximate surface area is 254 Å². The fraction of sp³-hybridized carbons (Fsp3) is 0.735. The number of carbonyl (C=O) groups excluding carboxylic acids is 3. The summed E-state index contributed by atoms with van der Waals surface area (Å²) in [5.74, 6) is -0.548. The molecule has 8 heteroatoms. The van der Waals surface area contributed by atoms with E-state index in [1.807, 2.05) is 13.8 Å². The number of hydrogen-bond acceptors (Lipinski definition) is 5. The molecule has 0 bridgehead atoms. The third-order valence-corrected chi connectivity index (χ3v) is 8.24. The molecule has 1 fully saturated rings. The lowest BCUT2D eigenvalue weighted by Crippen LogP contribution is -2.56. The largest absolute Gasteiger partial charge is 0.508 e. The highest BCUT2D eigenvalue weighted by Gasteiger charge is 2.38. The van der Waals surface area contributed by atoms with E-state index >= 15 is 0 Å². The number of phenols is 1. The topological polar surface area (TPSA) is 108 Å². The first-order valence-electron chi connectivity index (χ1n) is 16.3. The zero-order valence-electron chi connectivity index (χ0n) is 27.3. The second kappa shape index (κ2) is 17.4. The summed E-state index contributed by atoms with van der Waals surface area (Å²) in [6.45, 7) is 13.6. The van der Waals surface area contributed by atoms with E-state index < -0.39 is 23.8 Å². The van der Waals surface area contributed by atoms with Crippen LogP contribution in [-0.2, 0) is 14.3 Å². The monoisotopic (exact) mass is 587 g/mol. The summed E-state index contributed by atoms with van der Waals surface area (Å²) in [6.07, 6.45) is 11.4. The van der Waals surface area contributed by atoms with Crippen LogP contribution in [0.3, 0.4) is 0 Å². The Balaban J connectivity index is 2.49. The van der Waals surface area contributed by atoms with Crippen LogP contribution in [0.4, 0.5) is 4.79 Å². The number of aryl methyl sites for hydroxylation is 1. The zero-order valence-corrected chi connectivity index (χ0v) is 27.3. The average Bonchev–Trinajstić information content (AvgIpc) is 2.93. The number of unbranched alkanes of at least 4 members (excludes halogenated alkanes) is 5. The molecule has 8 nitrogen and oxygen atoms in total. The van der Waals surface area contributed by atoms with Gasteiger partial charge in [0.05, 0.1) is 0 Å². The Morgan fingerprint density at radius 3 is 2.26 bits per heavy atom. The third-order valence-electron chi connectivity index (χ3n) is 8.24. The Morgan fingerprint density at radius 2 is 1.67 bits per heavy atom. The summed E-state index contributed by atoms with van der Waals surface area (Å²) >= 11 is 0. The van der Waals surface area contributed by atoms with Gasteiger partial charge in [-0.3, -0.25) is 9.59 Å². The number of ether oxygens (including phenoxy) is 1. The van der Waals surface area contributed by atoms with Gasteiger partial charge in [-0.25, -0.2) is 4.79 Å². The average molecular weight is 588 g/mol. The number of rotatable bonds is 15. The quantitative estimate of drug-likeness (QED) is 0.186. The molecular weight excluding hydrogens is 530 g/mol. The minimum atomic E-state index is -0.888. The number of aromatic hydroxyl groups is 1. The molecule has 0 saturated heterocycles. The Bertz CT molecular complexity index is 999. The van der Waals surface area contributed by atoms with Gasteiger partial charge < -0.3 is 25.4 Å². The first-order chi connectivity index (χ1) is 19.9. The van der Waals surface area contributed by atoms with Crippen molar-refractivity contribution in [1.29, 1.82) is 0 Å². The van der Waals surface area contributed by atoms with Crippen LogP contribution in [0.5, 0.6) is 5.75 Å². The van der Waals surface area contributed by atoms with Crippen molar-refractivity contribution in [3.63, 3.8) is 0 Å². The molecule has 3 amide bonds. The molecule has 3 atom stereocenters. The molecule has 1 aromatic rings. The van der Waals surface area contributed by atoms with Crippen molar-refractivity contribution < 1.29 is 24.2 Å². The van der Waals surface area contributed by atoms with Crippen LogP contribution in [0.25, 0.3) is 0 Å². The van der Waals surface area contributed by atoms with Crippen LogP contribution in [0.2, 0.25) is 0 Å². The smallest absolute Gasteiger partial charge is 0.408 e. The highest BCUT2D eigenvalue weighted by atomic mass is 16.6. The summed E-state index contributed by atoms with van der Waals surface area (Å²) < 4.78 is 5.52. The van der Waals surface area contributed by atoms with Gasteiger partial charge in [-0.2, -0.15) is 0 Å². The predicted molar refractivity (Wildman–Crippen MR) is 168 cm³/mol. The molecule has 1 aromatic carbocycles. The van der Waals surface area contributed by atoms with Crippen molar-refractivity contribution in [2.75, 3.05) is 6.54 Å². The molecule has 1 aliphatic carbocycles. The van der Waals surface area contributed by atoms with E-state index in [-0.39, 0.29) is 29.5 Å².